The molecule has 7 nitrogen and oxygen atoms in total. The lowest BCUT2D eigenvalue weighted by Gasteiger charge is -2.28. The molecule has 1 saturated carbocycles. The number of carbonyl (C=O) groups excluding carboxylic acids is 2. The number of fused-ring (bicyclic) bond motifs is 1. The maximum atomic E-state index is 12.8. The first-order valence-corrected chi connectivity index (χ1v) is 10.9. The Morgan fingerprint density at radius 2 is 1.87 bits per heavy atom. The topological polar surface area (TPSA) is 90.0 Å². The maximum Gasteiger partial charge on any atom is 0.523 e. The fourth-order valence-electron chi connectivity index (χ4n) is 4.17. The minimum Gasteiger partial charge on any atom is -0.459 e. The highest BCUT2D eigenvalue weighted by atomic mass is 32.2. The van der Waals surface area contributed by atoms with Crippen LogP contribution in [0.5, 0.6) is 0 Å². The molecule has 2 aliphatic rings. The third kappa shape index (κ3) is 4.61. The summed E-state index contributed by atoms with van der Waals surface area (Å²) in [5.74, 6) is -1.82. The largest absolute Gasteiger partial charge is 0.523 e. The number of esters is 1. The number of likely N-dealkylation sites (tertiary alicyclic amines) is 1. The van der Waals surface area contributed by atoms with Gasteiger partial charge in [0.05, 0.1) is 0 Å². The van der Waals surface area contributed by atoms with Crippen LogP contribution in [0.4, 0.5) is 13.2 Å². The summed E-state index contributed by atoms with van der Waals surface area (Å²) in [7, 11) is -5.94. The summed E-state index contributed by atoms with van der Waals surface area (Å²) in [5.41, 5.74) is -4.89. The molecule has 0 aromatic heterocycles. The monoisotopic (exact) mass is 449 g/mol. The molecular weight excluding hydrogens is 427 g/mol. The fraction of sp³-hybridized carbons (Fsp3) is 0.579. The third-order valence-corrected chi connectivity index (χ3v) is 6.65. The van der Waals surface area contributed by atoms with Gasteiger partial charge in [0.15, 0.2) is 6.10 Å². The highest BCUT2D eigenvalue weighted by molar-refractivity contribution is 7.87. The molecule has 3 rings (SSSR count). The Morgan fingerprint density at radius 1 is 1.20 bits per heavy atom. The molecule has 0 bridgehead atoms. The molecule has 1 heterocycles. The summed E-state index contributed by atoms with van der Waals surface area (Å²) in [5, 5.41) is 0. The molecule has 166 valence electrons. The van der Waals surface area contributed by atoms with Gasteiger partial charge in [-0.2, -0.15) is 21.6 Å². The van der Waals surface area contributed by atoms with Crippen LogP contribution >= 0.6 is 0 Å². The molecule has 1 aliphatic carbocycles. The minimum absolute atomic E-state index is 0.00893. The number of amides is 1. The van der Waals surface area contributed by atoms with Crippen LogP contribution in [0, 0.1) is 11.8 Å². The van der Waals surface area contributed by atoms with E-state index in [4.69, 9.17) is 4.74 Å². The summed E-state index contributed by atoms with van der Waals surface area (Å²) in [6, 6.07) is 7.92. The van der Waals surface area contributed by atoms with Crippen LogP contribution in [-0.2, 0) is 35.2 Å². The predicted octanol–water partition coefficient (Wildman–Crippen LogP) is 2.61. The van der Waals surface area contributed by atoms with Crippen molar-refractivity contribution in [1.29, 1.82) is 0 Å². The molecule has 11 heteroatoms. The molecule has 0 N–H and O–H groups in total. The maximum absolute atomic E-state index is 12.8. The van der Waals surface area contributed by atoms with E-state index in [0.717, 1.165) is 30.2 Å². The predicted molar refractivity (Wildman–Crippen MR) is 98.1 cm³/mol. The van der Waals surface area contributed by atoms with Crippen LogP contribution in [0.15, 0.2) is 30.3 Å². The SMILES string of the molecule is C[C@@H](OS(=O)(=O)C(F)(F)F)C(=O)N1CC2CCCC2C1C(=O)OCc1ccccc1. The molecule has 4 atom stereocenters. The molecule has 1 aromatic rings. The lowest BCUT2D eigenvalue weighted by Crippen LogP contribution is -2.49. The number of carbonyl (C=O) groups is 2. The van der Waals surface area contributed by atoms with Gasteiger partial charge in [-0.25, -0.2) is 4.79 Å². The van der Waals surface area contributed by atoms with Crippen molar-refractivity contribution in [3.05, 3.63) is 35.9 Å². The van der Waals surface area contributed by atoms with Gasteiger partial charge in [0.2, 0.25) is 0 Å². The summed E-state index contributed by atoms with van der Waals surface area (Å²) < 4.78 is 69.6. The van der Waals surface area contributed by atoms with Gasteiger partial charge in [0.25, 0.3) is 5.91 Å². The van der Waals surface area contributed by atoms with Crippen molar-refractivity contribution >= 4 is 22.0 Å². The Labute approximate surface area is 172 Å². The molecule has 0 radical (unpaired) electrons. The Balaban J connectivity index is 1.73. The first-order chi connectivity index (χ1) is 14.0. The van der Waals surface area contributed by atoms with Crippen LogP contribution in [0.3, 0.4) is 0 Å². The van der Waals surface area contributed by atoms with Crippen LogP contribution in [0.1, 0.15) is 31.7 Å². The second-order valence-electron chi connectivity index (χ2n) is 7.52. The van der Waals surface area contributed by atoms with Gasteiger partial charge in [0.1, 0.15) is 12.6 Å². The molecule has 1 amide bonds. The molecule has 1 saturated heterocycles. The minimum atomic E-state index is -5.94. The zero-order valence-electron chi connectivity index (χ0n) is 16.2. The number of hydrogen-bond acceptors (Lipinski definition) is 6. The lowest BCUT2D eigenvalue weighted by molar-refractivity contribution is -0.158. The third-order valence-electron chi connectivity index (χ3n) is 5.54. The van der Waals surface area contributed by atoms with Crippen molar-refractivity contribution < 1.29 is 40.1 Å². The zero-order valence-corrected chi connectivity index (χ0v) is 17.0. The van der Waals surface area contributed by atoms with Crippen molar-refractivity contribution in [2.75, 3.05) is 6.54 Å². The van der Waals surface area contributed by atoms with Gasteiger partial charge in [-0.05, 0) is 37.2 Å². The Hall–Kier alpha value is -2.14. The number of rotatable bonds is 6. The Bertz CT molecular complexity index is 889. The zero-order chi connectivity index (χ0) is 22.1. The average Bonchev–Trinajstić information content (AvgIpc) is 3.26. The van der Waals surface area contributed by atoms with Crippen molar-refractivity contribution in [3.8, 4) is 0 Å². The second-order valence-corrected chi connectivity index (χ2v) is 9.09. The van der Waals surface area contributed by atoms with E-state index in [9.17, 15) is 31.2 Å². The number of benzene rings is 1. The molecule has 30 heavy (non-hydrogen) atoms. The van der Waals surface area contributed by atoms with Crippen molar-refractivity contribution in [3.63, 3.8) is 0 Å². The van der Waals surface area contributed by atoms with Gasteiger partial charge in [-0.3, -0.25) is 8.98 Å². The van der Waals surface area contributed by atoms with Gasteiger partial charge >= 0.3 is 21.6 Å². The molecule has 1 aliphatic heterocycles. The van der Waals surface area contributed by atoms with Crippen molar-refractivity contribution in [1.82, 2.24) is 4.90 Å². The smallest absolute Gasteiger partial charge is 0.459 e. The van der Waals surface area contributed by atoms with E-state index in [0.29, 0.717) is 6.42 Å². The number of ether oxygens (including phenoxy) is 1. The normalized spacial score (nSPS) is 25.1. The Kier molecular flexibility index (Phi) is 6.42. The number of nitrogens with zero attached hydrogens (tertiary/aromatic N) is 1. The highest BCUT2D eigenvalue weighted by Crippen LogP contribution is 2.43. The van der Waals surface area contributed by atoms with Crippen LogP contribution < -0.4 is 0 Å². The molecule has 3 unspecified atom stereocenters. The van der Waals surface area contributed by atoms with Crippen LogP contribution in [0.2, 0.25) is 0 Å². The van der Waals surface area contributed by atoms with E-state index >= 15 is 0 Å². The first-order valence-electron chi connectivity index (χ1n) is 9.52. The quantitative estimate of drug-likeness (QED) is 0.377. The summed E-state index contributed by atoms with van der Waals surface area (Å²) in [6.45, 7) is 1.06. The summed E-state index contributed by atoms with van der Waals surface area (Å²) in [4.78, 5) is 26.6. The van der Waals surface area contributed by atoms with E-state index < -0.39 is 39.6 Å². The second kappa shape index (κ2) is 8.54. The van der Waals surface area contributed by atoms with Crippen LogP contribution in [-0.4, -0.2) is 49.4 Å². The van der Waals surface area contributed by atoms with Gasteiger partial charge in [-0.15, -0.1) is 0 Å². The van der Waals surface area contributed by atoms with Gasteiger partial charge in [0, 0.05) is 6.54 Å². The number of hydrogen-bond donors (Lipinski definition) is 0. The molecular formula is C19H22F3NO6S. The number of alkyl halides is 3. The van der Waals surface area contributed by atoms with E-state index in [1.807, 2.05) is 6.07 Å². The van der Waals surface area contributed by atoms with E-state index in [1.165, 1.54) is 0 Å². The molecule has 2 fully saturated rings. The van der Waals surface area contributed by atoms with Gasteiger partial charge < -0.3 is 9.64 Å². The summed E-state index contributed by atoms with van der Waals surface area (Å²) in [6.07, 6.45) is 0.400. The van der Waals surface area contributed by atoms with E-state index in [-0.39, 0.29) is 25.0 Å². The van der Waals surface area contributed by atoms with Crippen molar-refractivity contribution in [2.24, 2.45) is 11.8 Å². The highest BCUT2D eigenvalue weighted by Gasteiger charge is 2.53. The van der Waals surface area contributed by atoms with E-state index in [1.54, 1.807) is 24.3 Å². The lowest BCUT2D eigenvalue weighted by atomic mass is 9.94. The Morgan fingerprint density at radius 3 is 2.50 bits per heavy atom. The molecule has 1 aromatic carbocycles. The fourth-order valence-corrected chi connectivity index (χ4v) is 4.74. The van der Waals surface area contributed by atoms with E-state index in [2.05, 4.69) is 4.18 Å². The standard InChI is InChI=1S/C19H22F3NO6S/c1-12(29-30(26,27)19(20,21)22)17(24)23-10-14-8-5-9-15(14)16(23)18(25)28-11-13-6-3-2-4-7-13/h2-4,6-7,12,14-16H,5,8-11H2,1H3/t12-,14?,15?,16?/m1/s1. The first kappa shape index (κ1) is 22.5. The number of halogens is 3. The molecule has 0 spiro atoms. The van der Waals surface area contributed by atoms with Gasteiger partial charge in [-0.1, -0.05) is 36.8 Å². The average molecular weight is 449 g/mol. The van der Waals surface area contributed by atoms with Crippen molar-refractivity contribution in [2.45, 2.75) is 50.4 Å². The van der Waals surface area contributed by atoms with Crippen LogP contribution in [0.25, 0.3) is 0 Å². The summed E-state index contributed by atoms with van der Waals surface area (Å²) >= 11 is 0.